The zero-order chi connectivity index (χ0) is 13.8. The van der Waals surface area contributed by atoms with Gasteiger partial charge in [0.05, 0.1) is 0 Å². The molecule has 4 N–H and O–H groups in total. The highest BCUT2D eigenvalue weighted by molar-refractivity contribution is 7.98. The molecule has 0 spiro atoms. The highest BCUT2D eigenvalue weighted by Gasteiger charge is 2.11. The van der Waals surface area contributed by atoms with Crippen molar-refractivity contribution in [3.63, 3.8) is 0 Å². The van der Waals surface area contributed by atoms with Crippen molar-refractivity contribution in [3.8, 4) is 17.2 Å². The van der Waals surface area contributed by atoms with Gasteiger partial charge >= 0.3 is 0 Å². The van der Waals surface area contributed by atoms with Crippen molar-refractivity contribution in [1.29, 1.82) is 0 Å². The van der Waals surface area contributed by atoms with Gasteiger partial charge < -0.3 is 20.6 Å². The summed E-state index contributed by atoms with van der Waals surface area (Å²) < 4.78 is 0. The minimum atomic E-state index is -0.488. The van der Waals surface area contributed by atoms with Crippen LogP contribution in [0.1, 0.15) is 5.56 Å². The minimum absolute atomic E-state index is 0.297. The van der Waals surface area contributed by atoms with Crippen LogP contribution in [0.4, 0.5) is 5.69 Å². The van der Waals surface area contributed by atoms with E-state index in [-0.39, 0.29) is 11.5 Å². The first-order valence-corrected chi connectivity index (χ1v) is 6.95. The highest BCUT2D eigenvalue weighted by Crippen LogP contribution is 2.37. The second kappa shape index (κ2) is 5.75. The fourth-order valence-electron chi connectivity index (χ4n) is 1.73. The Labute approximate surface area is 115 Å². The lowest BCUT2D eigenvalue weighted by atomic mass is 10.1. The summed E-state index contributed by atoms with van der Waals surface area (Å²) in [6.45, 7) is 0.358. The number of rotatable bonds is 4. The van der Waals surface area contributed by atoms with Gasteiger partial charge in [-0.1, -0.05) is 12.1 Å². The van der Waals surface area contributed by atoms with Gasteiger partial charge in [-0.25, -0.2) is 0 Å². The second-order valence-corrected chi connectivity index (χ2v) is 4.84. The van der Waals surface area contributed by atoms with E-state index in [0.29, 0.717) is 12.1 Å². The van der Waals surface area contributed by atoms with Crippen LogP contribution < -0.4 is 5.32 Å². The van der Waals surface area contributed by atoms with Gasteiger partial charge in [0.25, 0.3) is 0 Å². The van der Waals surface area contributed by atoms with Gasteiger partial charge in [0.1, 0.15) is 0 Å². The molecule has 0 saturated heterocycles. The van der Waals surface area contributed by atoms with E-state index in [1.807, 2.05) is 30.5 Å². The fraction of sp³-hybridized carbons (Fsp3) is 0.143. The van der Waals surface area contributed by atoms with Crippen molar-refractivity contribution in [2.45, 2.75) is 11.4 Å². The van der Waals surface area contributed by atoms with E-state index in [1.54, 1.807) is 17.8 Å². The van der Waals surface area contributed by atoms with Crippen LogP contribution in [0.3, 0.4) is 0 Å². The highest BCUT2D eigenvalue weighted by atomic mass is 32.2. The molecule has 19 heavy (non-hydrogen) atoms. The Bertz CT molecular complexity index is 587. The van der Waals surface area contributed by atoms with Crippen LogP contribution in [-0.4, -0.2) is 21.6 Å². The molecule has 0 aliphatic heterocycles. The number of thioether (sulfide) groups is 1. The number of anilines is 1. The van der Waals surface area contributed by atoms with Crippen LogP contribution >= 0.6 is 11.8 Å². The van der Waals surface area contributed by atoms with Crippen molar-refractivity contribution in [1.82, 2.24) is 0 Å². The molecule has 0 radical (unpaired) electrons. The third kappa shape index (κ3) is 2.88. The average molecular weight is 277 g/mol. The lowest BCUT2D eigenvalue weighted by molar-refractivity contribution is 0.365. The summed E-state index contributed by atoms with van der Waals surface area (Å²) in [6.07, 6.45) is 1.99. The lowest BCUT2D eigenvalue weighted by Gasteiger charge is -2.12. The molecule has 0 fully saturated rings. The van der Waals surface area contributed by atoms with Crippen LogP contribution in [0, 0.1) is 0 Å². The molecule has 2 rings (SSSR count). The van der Waals surface area contributed by atoms with Crippen molar-refractivity contribution in [2.75, 3.05) is 11.6 Å². The molecule has 0 aliphatic carbocycles. The van der Waals surface area contributed by atoms with Crippen LogP contribution in [0.15, 0.2) is 41.3 Å². The molecule has 0 aliphatic rings. The van der Waals surface area contributed by atoms with E-state index in [0.717, 1.165) is 10.6 Å². The smallest absolute Gasteiger partial charge is 0.200 e. The number of aromatic hydroxyl groups is 3. The molecule has 0 saturated carbocycles. The quantitative estimate of drug-likeness (QED) is 0.510. The maximum atomic E-state index is 9.73. The summed E-state index contributed by atoms with van der Waals surface area (Å²) in [5.74, 6) is -1.11. The third-order valence-electron chi connectivity index (χ3n) is 2.79. The first-order valence-electron chi connectivity index (χ1n) is 5.73. The Morgan fingerprint density at radius 2 is 1.74 bits per heavy atom. The molecule has 0 aromatic heterocycles. The molecule has 4 nitrogen and oxygen atoms in total. The Morgan fingerprint density at radius 1 is 1.00 bits per heavy atom. The number of benzene rings is 2. The summed E-state index contributed by atoms with van der Waals surface area (Å²) in [4.78, 5) is 1.10. The molecule has 5 heteroatoms. The third-order valence-corrected chi connectivity index (χ3v) is 3.59. The van der Waals surface area contributed by atoms with Gasteiger partial charge in [-0.05, 0) is 30.5 Å². The largest absolute Gasteiger partial charge is 0.504 e. The van der Waals surface area contributed by atoms with Gasteiger partial charge in [0.15, 0.2) is 11.5 Å². The van der Waals surface area contributed by atoms with Crippen LogP contribution in [-0.2, 0) is 6.54 Å². The molecule has 0 bridgehead atoms. The number of phenols is 3. The van der Waals surface area contributed by atoms with Gasteiger partial charge in [-0.3, -0.25) is 0 Å². The summed E-state index contributed by atoms with van der Waals surface area (Å²) in [7, 11) is 0. The fourth-order valence-corrected chi connectivity index (χ4v) is 2.31. The summed E-state index contributed by atoms with van der Waals surface area (Å²) in [5, 5.41) is 31.6. The number of nitrogens with one attached hydrogen (secondary N) is 1. The molecule has 2 aromatic carbocycles. The van der Waals surface area contributed by atoms with E-state index >= 15 is 0 Å². The van der Waals surface area contributed by atoms with E-state index in [2.05, 4.69) is 5.32 Å². The van der Waals surface area contributed by atoms with E-state index < -0.39 is 5.75 Å². The van der Waals surface area contributed by atoms with E-state index in [1.165, 1.54) is 6.07 Å². The molecule has 0 atom stereocenters. The Balaban J connectivity index is 2.17. The molecule has 0 amide bonds. The first-order chi connectivity index (χ1) is 9.13. The second-order valence-electron chi connectivity index (χ2n) is 3.99. The van der Waals surface area contributed by atoms with Crippen molar-refractivity contribution >= 4 is 17.4 Å². The Morgan fingerprint density at radius 3 is 2.47 bits per heavy atom. The predicted octanol–water partition coefficient (Wildman–Crippen LogP) is 3.14. The number of para-hydroxylation sites is 1. The van der Waals surface area contributed by atoms with Crippen LogP contribution in [0.5, 0.6) is 17.2 Å². The molecule has 0 unspecified atom stereocenters. The monoisotopic (exact) mass is 277 g/mol. The molecular weight excluding hydrogens is 262 g/mol. The maximum Gasteiger partial charge on any atom is 0.200 e. The van der Waals surface area contributed by atoms with E-state index in [9.17, 15) is 15.3 Å². The Hall–Kier alpha value is -2.01. The molecule has 0 heterocycles. The van der Waals surface area contributed by atoms with Gasteiger partial charge in [-0.15, -0.1) is 11.8 Å². The molecular formula is C14H15NO3S. The topological polar surface area (TPSA) is 72.7 Å². The van der Waals surface area contributed by atoms with Gasteiger partial charge in [0, 0.05) is 22.7 Å². The first kappa shape index (κ1) is 13.4. The minimum Gasteiger partial charge on any atom is -0.504 e. The zero-order valence-corrected chi connectivity index (χ0v) is 11.2. The zero-order valence-electron chi connectivity index (χ0n) is 10.4. The number of hydrogen-bond donors (Lipinski definition) is 4. The van der Waals surface area contributed by atoms with Gasteiger partial charge in [0.2, 0.25) is 5.75 Å². The van der Waals surface area contributed by atoms with Crippen LogP contribution in [0.25, 0.3) is 0 Å². The number of phenolic OH excluding ortho intramolecular Hbond substituents is 3. The molecule has 2 aromatic rings. The van der Waals surface area contributed by atoms with E-state index in [4.69, 9.17) is 0 Å². The summed E-state index contributed by atoms with van der Waals surface area (Å²) >= 11 is 1.63. The molecule has 100 valence electrons. The van der Waals surface area contributed by atoms with Crippen molar-refractivity contribution in [2.24, 2.45) is 0 Å². The summed E-state index contributed by atoms with van der Waals surface area (Å²) in [5.41, 5.74) is 1.48. The van der Waals surface area contributed by atoms with Crippen molar-refractivity contribution in [3.05, 3.63) is 42.0 Å². The Kier molecular flexibility index (Phi) is 4.06. The maximum absolute atomic E-state index is 9.73. The standard InChI is InChI=1S/C14H15NO3S/c1-19-12-5-3-2-4-10(12)15-8-9-6-7-11(16)14(18)13(9)17/h2-7,15-18H,8H2,1H3. The van der Waals surface area contributed by atoms with Gasteiger partial charge in [-0.2, -0.15) is 0 Å². The normalized spacial score (nSPS) is 10.4. The predicted molar refractivity (Wildman–Crippen MR) is 77.0 cm³/mol. The SMILES string of the molecule is CSc1ccccc1NCc1ccc(O)c(O)c1O. The summed E-state index contributed by atoms with van der Waals surface area (Å²) in [6, 6.07) is 10.8. The number of hydrogen-bond acceptors (Lipinski definition) is 5. The average Bonchev–Trinajstić information content (AvgIpc) is 2.44. The lowest BCUT2D eigenvalue weighted by Crippen LogP contribution is -2.00. The van der Waals surface area contributed by atoms with Crippen LogP contribution in [0.2, 0.25) is 0 Å². The van der Waals surface area contributed by atoms with Crippen molar-refractivity contribution < 1.29 is 15.3 Å².